The van der Waals surface area contributed by atoms with Crippen molar-refractivity contribution in [2.24, 2.45) is 5.92 Å². The first-order valence-corrected chi connectivity index (χ1v) is 7.40. The molecule has 0 bridgehead atoms. The van der Waals surface area contributed by atoms with Gasteiger partial charge in [0, 0.05) is 31.8 Å². The van der Waals surface area contributed by atoms with Crippen molar-refractivity contribution in [1.82, 2.24) is 10.2 Å². The molecule has 0 saturated carbocycles. The lowest BCUT2D eigenvalue weighted by atomic mass is 9.95. The molecule has 2 atom stereocenters. The molecule has 0 aromatic carbocycles. The molecule has 0 aromatic rings. The second-order valence-electron chi connectivity index (χ2n) is 6.76. The third-order valence-electron chi connectivity index (χ3n) is 3.83. The lowest BCUT2D eigenvalue weighted by Crippen LogP contribution is -2.47. The van der Waals surface area contributed by atoms with Crippen molar-refractivity contribution in [2.45, 2.75) is 58.5 Å². The fourth-order valence-corrected chi connectivity index (χ4v) is 2.59. The van der Waals surface area contributed by atoms with Crippen molar-refractivity contribution in [3.8, 4) is 0 Å². The van der Waals surface area contributed by atoms with Crippen LogP contribution in [0, 0.1) is 5.92 Å². The van der Waals surface area contributed by atoms with E-state index in [2.05, 4.69) is 37.9 Å². The topological polar surface area (TPSA) is 24.5 Å². The highest BCUT2D eigenvalue weighted by Crippen LogP contribution is 2.19. The zero-order chi connectivity index (χ0) is 13.6. The lowest BCUT2D eigenvalue weighted by molar-refractivity contribution is 0.0974. The molecule has 108 valence electrons. The zero-order valence-electron chi connectivity index (χ0n) is 13.0. The molecule has 0 amide bonds. The molecule has 1 heterocycles. The van der Waals surface area contributed by atoms with Crippen LogP contribution in [0.3, 0.4) is 0 Å². The first kappa shape index (κ1) is 15.9. The van der Waals surface area contributed by atoms with Crippen LogP contribution in [0.15, 0.2) is 0 Å². The van der Waals surface area contributed by atoms with Crippen LogP contribution in [0.2, 0.25) is 0 Å². The van der Waals surface area contributed by atoms with Gasteiger partial charge in [0.2, 0.25) is 0 Å². The van der Waals surface area contributed by atoms with Crippen LogP contribution in [0.25, 0.3) is 0 Å². The van der Waals surface area contributed by atoms with Gasteiger partial charge in [-0.1, -0.05) is 0 Å². The average Bonchev–Trinajstić information content (AvgIpc) is 2.33. The van der Waals surface area contributed by atoms with Gasteiger partial charge in [-0.2, -0.15) is 0 Å². The number of piperidine rings is 1. The van der Waals surface area contributed by atoms with E-state index in [0.717, 1.165) is 25.5 Å². The zero-order valence-corrected chi connectivity index (χ0v) is 13.0. The number of ether oxygens (including phenoxy) is 1. The van der Waals surface area contributed by atoms with Gasteiger partial charge in [0.15, 0.2) is 0 Å². The molecular formula is C15H32N2O. The summed E-state index contributed by atoms with van der Waals surface area (Å²) in [5.74, 6) is 0.808. The van der Waals surface area contributed by atoms with Crippen molar-refractivity contribution in [1.29, 1.82) is 0 Å². The maximum atomic E-state index is 5.18. The Balaban J connectivity index is 2.31. The van der Waals surface area contributed by atoms with Crippen LogP contribution in [0.4, 0.5) is 0 Å². The van der Waals surface area contributed by atoms with Crippen LogP contribution >= 0.6 is 0 Å². The van der Waals surface area contributed by atoms with Crippen molar-refractivity contribution < 1.29 is 4.74 Å². The van der Waals surface area contributed by atoms with Gasteiger partial charge in [-0.05, 0) is 66.0 Å². The van der Waals surface area contributed by atoms with Gasteiger partial charge in [-0.15, -0.1) is 0 Å². The highest BCUT2D eigenvalue weighted by Gasteiger charge is 2.24. The number of rotatable bonds is 6. The van der Waals surface area contributed by atoms with Crippen LogP contribution in [-0.4, -0.2) is 49.8 Å². The molecule has 1 rings (SSSR count). The summed E-state index contributed by atoms with van der Waals surface area (Å²) in [7, 11) is 1.79. The number of hydrogen-bond acceptors (Lipinski definition) is 3. The van der Waals surface area contributed by atoms with Gasteiger partial charge in [0.25, 0.3) is 0 Å². The third-order valence-corrected chi connectivity index (χ3v) is 3.83. The second kappa shape index (κ2) is 7.46. The summed E-state index contributed by atoms with van der Waals surface area (Å²) in [6, 6.07) is 0.655. The average molecular weight is 256 g/mol. The fourth-order valence-electron chi connectivity index (χ4n) is 2.59. The number of likely N-dealkylation sites (tertiary alicyclic amines) is 1. The first-order chi connectivity index (χ1) is 8.42. The minimum Gasteiger partial charge on any atom is -0.385 e. The van der Waals surface area contributed by atoms with E-state index in [1.54, 1.807) is 7.11 Å². The van der Waals surface area contributed by atoms with Crippen molar-refractivity contribution in [2.75, 3.05) is 33.4 Å². The van der Waals surface area contributed by atoms with Crippen LogP contribution in [0.5, 0.6) is 0 Å². The van der Waals surface area contributed by atoms with Crippen molar-refractivity contribution in [3.63, 3.8) is 0 Å². The van der Waals surface area contributed by atoms with Crippen molar-refractivity contribution in [3.05, 3.63) is 0 Å². The van der Waals surface area contributed by atoms with Crippen molar-refractivity contribution >= 4 is 0 Å². The molecule has 1 saturated heterocycles. The quantitative estimate of drug-likeness (QED) is 0.790. The Morgan fingerprint density at radius 3 is 2.72 bits per heavy atom. The largest absolute Gasteiger partial charge is 0.385 e. The maximum absolute atomic E-state index is 5.18. The van der Waals surface area contributed by atoms with Gasteiger partial charge in [0.1, 0.15) is 0 Å². The Morgan fingerprint density at radius 2 is 2.11 bits per heavy atom. The SMILES string of the molecule is COCCC(C)N1CCCC(CNC(C)(C)C)C1. The molecule has 1 N–H and O–H groups in total. The van der Waals surface area contributed by atoms with Crippen LogP contribution in [-0.2, 0) is 4.74 Å². The van der Waals surface area contributed by atoms with Gasteiger partial charge in [0.05, 0.1) is 0 Å². The van der Waals surface area contributed by atoms with E-state index < -0.39 is 0 Å². The summed E-state index contributed by atoms with van der Waals surface area (Å²) in [5, 5.41) is 3.64. The minimum absolute atomic E-state index is 0.240. The van der Waals surface area contributed by atoms with Gasteiger partial charge in [-0.3, -0.25) is 0 Å². The standard InChI is InChI=1S/C15H32N2O/c1-13(8-10-18-5)17-9-6-7-14(12-17)11-16-15(2,3)4/h13-14,16H,6-12H2,1-5H3. The van der Waals surface area contributed by atoms with E-state index in [-0.39, 0.29) is 5.54 Å². The summed E-state index contributed by atoms with van der Waals surface area (Å²) in [5.41, 5.74) is 0.240. The van der Waals surface area contributed by atoms with Gasteiger partial charge in [-0.25, -0.2) is 0 Å². The summed E-state index contributed by atoms with van der Waals surface area (Å²) in [6.45, 7) is 13.6. The molecule has 0 aliphatic carbocycles. The van der Waals surface area contributed by atoms with Crippen LogP contribution < -0.4 is 5.32 Å². The third kappa shape index (κ3) is 6.17. The first-order valence-electron chi connectivity index (χ1n) is 7.40. The molecule has 0 aromatic heterocycles. The highest BCUT2D eigenvalue weighted by atomic mass is 16.5. The molecule has 3 heteroatoms. The predicted octanol–water partition coefficient (Wildman–Crippen LogP) is 2.51. The molecular weight excluding hydrogens is 224 g/mol. The summed E-state index contributed by atoms with van der Waals surface area (Å²) in [4.78, 5) is 2.64. The number of nitrogens with zero attached hydrogens (tertiary/aromatic N) is 1. The molecule has 1 aliphatic rings. The molecule has 0 radical (unpaired) electrons. The van der Waals surface area contributed by atoms with Gasteiger partial charge < -0.3 is 15.0 Å². The summed E-state index contributed by atoms with van der Waals surface area (Å²) in [6.07, 6.45) is 3.86. The summed E-state index contributed by atoms with van der Waals surface area (Å²) < 4.78 is 5.18. The summed E-state index contributed by atoms with van der Waals surface area (Å²) >= 11 is 0. The molecule has 1 fully saturated rings. The molecule has 3 nitrogen and oxygen atoms in total. The van der Waals surface area contributed by atoms with E-state index in [1.165, 1.54) is 25.9 Å². The number of nitrogens with one attached hydrogen (secondary N) is 1. The van der Waals surface area contributed by atoms with E-state index in [0.29, 0.717) is 6.04 Å². The minimum atomic E-state index is 0.240. The number of hydrogen-bond donors (Lipinski definition) is 1. The van der Waals surface area contributed by atoms with E-state index in [4.69, 9.17) is 4.74 Å². The van der Waals surface area contributed by atoms with Crippen LogP contribution in [0.1, 0.15) is 47.0 Å². The molecule has 1 aliphatic heterocycles. The Hall–Kier alpha value is -0.120. The normalized spacial score (nSPS) is 24.2. The van der Waals surface area contributed by atoms with Gasteiger partial charge >= 0.3 is 0 Å². The lowest BCUT2D eigenvalue weighted by Gasteiger charge is -2.38. The van der Waals surface area contributed by atoms with E-state index in [9.17, 15) is 0 Å². The molecule has 18 heavy (non-hydrogen) atoms. The number of methoxy groups -OCH3 is 1. The molecule has 0 spiro atoms. The van der Waals surface area contributed by atoms with E-state index in [1.807, 2.05) is 0 Å². The Morgan fingerprint density at radius 1 is 1.39 bits per heavy atom. The fraction of sp³-hybridized carbons (Fsp3) is 1.00. The molecule has 2 unspecified atom stereocenters. The Bertz CT molecular complexity index is 225. The smallest absolute Gasteiger partial charge is 0.0477 e. The highest BCUT2D eigenvalue weighted by molar-refractivity contribution is 4.80. The maximum Gasteiger partial charge on any atom is 0.0477 e. The Labute approximate surface area is 113 Å². The second-order valence-corrected chi connectivity index (χ2v) is 6.76. The van der Waals surface area contributed by atoms with E-state index >= 15 is 0 Å². The predicted molar refractivity (Wildman–Crippen MR) is 78.0 cm³/mol. The monoisotopic (exact) mass is 256 g/mol. The Kier molecular flexibility index (Phi) is 6.61.